The van der Waals surface area contributed by atoms with E-state index in [1.165, 1.54) is 5.56 Å². The Kier molecular flexibility index (Phi) is 5.43. The lowest BCUT2D eigenvalue weighted by atomic mass is 9.87. The van der Waals surface area contributed by atoms with Gasteiger partial charge in [0.15, 0.2) is 11.5 Å². The molecule has 0 radical (unpaired) electrons. The van der Waals surface area contributed by atoms with Gasteiger partial charge < -0.3 is 28.8 Å². The van der Waals surface area contributed by atoms with Gasteiger partial charge in [-0.25, -0.2) is 0 Å². The van der Waals surface area contributed by atoms with Crippen LogP contribution in [-0.2, 0) is 6.42 Å². The van der Waals surface area contributed by atoms with Gasteiger partial charge in [0.05, 0.1) is 27.4 Å². The molecule has 2 aromatic rings. The van der Waals surface area contributed by atoms with E-state index in [1.807, 2.05) is 18.2 Å². The van der Waals surface area contributed by atoms with Crippen molar-refractivity contribution in [2.75, 3.05) is 41.7 Å². The van der Waals surface area contributed by atoms with Crippen LogP contribution in [0.25, 0.3) is 0 Å². The molecule has 2 atom stereocenters. The molecule has 0 fully saturated rings. The van der Waals surface area contributed by atoms with Gasteiger partial charge in [-0.2, -0.15) is 0 Å². The molecule has 2 heterocycles. The highest BCUT2D eigenvalue weighted by atomic mass is 16.7. The van der Waals surface area contributed by atoms with Crippen LogP contribution in [0, 0.1) is 0 Å². The second kappa shape index (κ2) is 8.00. The molecule has 2 aliphatic heterocycles. The topological polar surface area (TPSA) is 69.6 Å². The summed E-state index contributed by atoms with van der Waals surface area (Å²) < 4.78 is 27.7. The van der Waals surface area contributed by atoms with Crippen molar-refractivity contribution in [2.24, 2.45) is 0 Å². The predicted octanol–water partition coefficient (Wildman–Crippen LogP) is 3.09. The number of aliphatic hydroxyl groups excluding tert-OH is 1. The van der Waals surface area contributed by atoms with Gasteiger partial charge in [-0.15, -0.1) is 0 Å². The van der Waals surface area contributed by atoms with E-state index < -0.39 is 6.10 Å². The molecule has 2 unspecified atom stereocenters. The van der Waals surface area contributed by atoms with Crippen molar-refractivity contribution in [3.05, 3.63) is 41.0 Å². The first-order valence-electron chi connectivity index (χ1n) is 9.67. The average molecular weight is 401 g/mol. The second-order valence-corrected chi connectivity index (χ2v) is 7.32. The van der Waals surface area contributed by atoms with Crippen LogP contribution in [0.2, 0.25) is 0 Å². The van der Waals surface area contributed by atoms with Gasteiger partial charge >= 0.3 is 0 Å². The fourth-order valence-corrected chi connectivity index (χ4v) is 4.26. The molecule has 2 aliphatic rings. The molecular formula is C22H27NO6. The molecule has 0 aromatic heterocycles. The number of aliphatic hydroxyl groups is 1. The van der Waals surface area contributed by atoms with E-state index in [-0.39, 0.29) is 12.8 Å². The summed E-state index contributed by atoms with van der Waals surface area (Å²) in [5.74, 6) is 3.35. The predicted molar refractivity (Wildman–Crippen MR) is 107 cm³/mol. The van der Waals surface area contributed by atoms with Crippen LogP contribution in [0.4, 0.5) is 0 Å². The van der Waals surface area contributed by atoms with E-state index in [1.54, 1.807) is 27.4 Å². The maximum absolute atomic E-state index is 11.1. The normalized spacial score (nSPS) is 18.9. The summed E-state index contributed by atoms with van der Waals surface area (Å²) in [5, 5.41) is 11.1. The quantitative estimate of drug-likeness (QED) is 0.798. The number of rotatable bonds is 6. The van der Waals surface area contributed by atoms with Gasteiger partial charge in [-0.3, -0.25) is 4.90 Å². The number of likely N-dealkylation sites (N-methyl/N-ethyl adjacent to an activating group) is 1. The third kappa shape index (κ3) is 3.45. The summed E-state index contributed by atoms with van der Waals surface area (Å²) in [7, 11) is 6.91. The van der Waals surface area contributed by atoms with Gasteiger partial charge in [-0.05, 0) is 43.7 Å². The van der Waals surface area contributed by atoms with Gasteiger partial charge in [0.25, 0.3) is 0 Å². The van der Waals surface area contributed by atoms with Gasteiger partial charge in [0.1, 0.15) is 11.5 Å². The fourth-order valence-electron chi connectivity index (χ4n) is 4.26. The van der Waals surface area contributed by atoms with Gasteiger partial charge in [-0.1, -0.05) is 0 Å². The summed E-state index contributed by atoms with van der Waals surface area (Å²) >= 11 is 0. The maximum atomic E-state index is 11.1. The van der Waals surface area contributed by atoms with Crippen molar-refractivity contribution in [3.8, 4) is 28.7 Å². The Bertz CT molecular complexity index is 899. The molecular weight excluding hydrogens is 374 g/mol. The second-order valence-electron chi connectivity index (χ2n) is 7.32. The minimum atomic E-state index is -0.718. The number of ether oxygens (including phenoxy) is 5. The van der Waals surface area contributed by atoms with Crippen molar-refractivity contribution in [3.63, 3.8) is 0 Å². The van der Waals surface area contributed by atoms with Crippen molar-refractivity contribution in [1.29, 1.82) is 0 Å². The molecule has 1 N–H and O–H groups in total. The number of fused-ring (bicyclic) bond motifs is 2. The van der Waals surface area contributed by atoms with Crippen molar-refractivity contribution < 1.29 is 28.8 Å². The molecule has 0 bridgehead atoms. The van der Waals surface area contributed by atoms with Crippen LogP contribution in [0.1, 0.15) is 35.3 Å². The van der Waals surface area contributed by atoms with Crippen LogP contribution in [0.3, 0.4) is 0 Å². The first-order chi connectivity index (χ1) is 14.1. The Morgan fingerprint density at radius 3 is 2.69 bits per heavy atom. The highest BCUT2D eigenvalue weighted by Gasteiger charge is 2.35. The number of benzene rings is 2. The lowest BCUT2D eigenvalue weighted by Gasteiger charge is -2.37. The standard InChI is InChI=1S/C22H27NO6/c1-23-8-7-13-9-19-21(29-12-28-19)22(27-4)20(13)16(23)11-17(24)15-6-5-14(25-2)10-18(15)26-3/h5-6,9-10,16-17,24H,7-8,11-12H2,1-4H3. The Morgan fingerprint density at radius 1 is 1.14 bits per heavy atom. The molecule has 0 spiro atoms. The van der Waals surface area contributed by atoms with Gasteiger partial charge in [0, 0.05) is 29.8 Å². The number of nitrogens with zero attached hydrogens (tertiary/aromatic N) is 1. The summed E-state index contributed by atoms with van der Waals surface area (Å²) in [6.07, 6.45) is 0.656. The van der Waals surface area contributed by atoms with Crippen molar-refractivity contribution >= 4 is 0 Å². The third-order valence-electron chi connectivity index (χ3n) is 5.79. The zero-order valence-electron chi connectivity index (χ0n) is 17.2. The molecule has 7 heteroatoms. The van der Waals surface area contributed by atoms with E-state index in [0.717, 1.165) is 29.8 Å². The summed E-state index contributed by atoms with van der Waals surface area (Å²) in [5.41, 5.74) is 2.95. The Labute approximate surface area is 170 Å². The molecule has 7 nitrogen and oxygen atoms in total. The Morgan fingerprint density at radius 2 is 1.97 bits per heavy atom. The molecule has 156 valence electrons. The maximum Gasteiger partial charge on any atom is 0.231 e. The fraction of sp³-hybridized carbons (Fsp3) is 0.455. The number of methoxy groups -OCH3 is 3. The smallest absolute Gasteiger partial charge is 0.231 e. The first-order valence-corrected chi connectivity index (χ1v) is 9.67. The SMILES string of the molecule is COc1ccc(C(O)CC2c3c(cc4c(c3OC)OCO4)CCN2C)c(OC)c1. The van der Waals surface area contributed by atoms with Gasteiger partial charge in [0.2, 0.25) is 12.5 Å². The lowest BCUT2D eigenvalue weighted by Crippen LogP contribution is -2.33. The molecule has 29 heavy (non-hydrogen) atoms. The van der Waals surface area contributed by atoms with Crippen molar-refractivity contribution in [1.82, 2.24) is 4.90 Å². The van der Waals surface area contributed by atoms with Crippen LogP contribution < -0.4 is 23.7 Å². The van der Waals surface area contributed by atoms with E-state index >= 15 is 0 Å². The molecule has 0 saturated carbocycles. The summed E-state index contributed by atoms with van der Waals surface area (Å²) in [4.78, 5) is 2.24. The molecule has 4 rings (SSSR count). The molecule has 0 aliphatic carbocycles. The van der Waals surface area contributed by atoms with E-state index in [2.05, 4.69) is 11.9 Å². The largest absolute Gasteiger partial charge is 0.497 e. The van der Waals surface area contributed by atoms with E-state index in [4.69, 9.17) is 23.7 Å². The molecule has 0 saturated heterocycles. The number of hydrogen-bond donors (Lipinski definition) is 1. The zero-order valence-corrected chi connectivity index (χ0v) is 17.2. The van der Waals surface area contributed by atoms with Crippen LogP contribution in [0.5, 0.6) is 28.7 Å². The lowest BCUT2D eigenvalue weighted by molar-refractivity contribution is 0.105. The van der Waals surface area contributed by atoms with Crippen LogP contribution in [0.15, 0.2) is 24.3 Å². The minimum absolute atomic E-state index is 0.0370. The molecule has 0 amide bonds. The summed E-state index contributed by atoms with van der Waals surface area (Å²) in [6.45, 7) is 1.08. The highest BCUT2D eigenvalue weighted by molar-refractivity contribution is 5.62. The average Bonchev–Trinajstić information content (AvgIpc) is 3.21. The van der Waals surface area contributed by atoms with Crippen LogP contribution in [-0.4, -0.2) is 51.7 Å². The highest BCUT2D eigenvalue weighted by Crippen LogP contribution is 2.51. The zero-order chi connectivity index (χ0) is 20.5. The summed E-state index contributed by atoms with van der Waals surface area (Å²) in [6, 6.07) is 7.47. The van der Waals surface area contributed by atoms with Crippen molar-refractivity contribution in [2.45, 2.75) is 25.0 Å². The molecule has 2 aromatic carbocycles. The Hall–Kier alpha value is -2.64. The Balaban J connectivity index is 1.70. The number of hydrogen-bond acceptors (Lipinski definition) is 7. The third-order valence-corrected chi connectivity index (χ3v) is 5.79. The first kappa shape index (κ1) is 19.7. The monoisotopic (exact) mass is 401 g/mol. The van der Waals surface area contributed by atoms with E-state index in [9.17, 15) is 5.11 Å². The van der Waals surface area contributed by atoms with Crippen LogP contribution >= 0.6 is 0 Å². The minimum Gasteiger partial charge on any atom is -0.497 e. The van der Waals surface area contributed by atoms with E-state index in [0.29, 0.717) is 29.4 Å².